The van der Waals surface area contributed by atoms with E-state index in [4.69, 9.17) is 4.74 Å². The normalized spacial score (nSPS) is 19.2. The van der Waals surface area contributed by atoms with Gasteiger partial charge >= 0.3 is 6.09 Å². The number of aliphatic imine (C=N–C) groups is 1. The molecule has 0 saturated carbocycles. The summed E-state index contributed by atoms with van der Waals surface area (Å²) in [5, 5.41) is 6.73. The SMILES string of the molecule is CN=C(NCc1ccc(N2CCCC2=O)cc1)NCC1CCCN(C(=O)OC(C)(C)C)C1.I. The number of guanidine groups is 1. The Balaban J connectivity index is 0.00000385. The monoisotopic (exact) mass is 571 g/mol. The Bertz CT molecular complexity index is 822. The molecule has 2 aliphatic heterocycles. The minimum atomic E-state index is -0.476. The van der Waals surface area contributed by atoms with E-state index in [9.17, 15) is 9.59 Å². The van der Waals surface area contributed by atoms with Crippen molar-refractivity contribution < 1.29 is 14.3 Å². The largest absolute Gasteiger partial charge is 0.444 e. The van der Waals surface area contributed by atoms with E-state index in [0.717, 1.165) is 56.1 Å². The smallest absolute Gasteiger partial charge is 0.410 e. The van der Waals surface area contributed by atoms with Crippen molar-refractivity contribution in [1.82, 2.24) is 15.5 Å². The van der Waals surface area contributed by atoms with Crippen molar-refractivity contribution in [3.05, 3.63) is 29.8 Å². The first kappa shape index (κ1) is 27.2. The number of nitrogens with one attached hydrogen (secondary N) is 2. The summed E-state index contributed by atoms with van der Waals surface area (Å²) in [6, 6.07) is 8.09. The predicted molar refractivity (Wildman–Crippen MR) is 142 cm³/mol. The third-order valence-electron chi connectivity index (χ3n) is 5.73. The van der Waals surface area contributed by atoms with E-state index >= 15 is 0 Å². The summed E-state index contributed by atoms with van der Waals surface area (Å²) in [5.41, 5.74) is 1.61. The van der Waals surface area contributed by atoms with Gasteiger partial charge in [-0.15, -0.1) is 24.0 Å². The lowest BCUT2D eigenvalue weighted by molar-refractivity contribution is -0.117. The van der Waals surface area contributed by atoms with Crippen molar-refractivity contribution in [2.24, 2.45) is 10.9 Å². The maximum absolute atomic E-state index is 12.4. The molecule has 3 rings (SSSR count). The number of carbonyl (C=O) groups is 2. The number of ether oxygens (including phenoxy) is 1. The molecular weight excluding hydrogens is 533 g/mol. The summed E-state index contributed by atoms with van der Waals surface area (Å²) in [6.45, 7) is 9.30. The Labute approximate surface area is 214 Å². The molecule has 184 valence electrons. The van der Waals surface area contributed by atoms with Crippen LogP contribution in [0, 0.1) is 5.92 Å². The molecule has 2 N–H and O–H groups in total. The van der Waals surface area contributed by atoms with Gasteiger partial charge in [0.05, 0.1) is 0 Å². The highest BCUT2D eigenvalue weighted by Crippen LogP contribution is 2.22. The summed E-state index contributed by atoms with van der Waals surface area (Å²) in [6.07, 6.45) is 3.38. The molecule has 1 aromatic carbocycles. The lowest BCUT2D eigenvalue weighted by Crippen LogP contribution is -2.47. The van der Waals surface area contributed by atoms with Crippen LogP contribution in [0.2, 0.25) is 0 Å². The number of piperidine rings is 1. The van der Waals surface area contributed by atoms with Gasteiger partial charge in [0.1, 0.15) is 5.60 Å². The van der Waals surface area contributed by atoms with Crippen LogP contribution in [-0.4, -0.2) is 61.7 Å². The van der Waals surface area contributed by atoms with Crippen molar-refractivity contribution >= 4 is 47.6 Å². The first-order valence-corrected chi connectivity index (χ1v) is 11.6. The number of amides is 2. The lowest BCUT2D eigenvalue weighted by Gasteiger charge is -2.34. The molecule has 0 radical (unpaired) electrons. The number of rotatable bonds is 5. The summed E-state index contributed by atoms with van der Waals surface area (Å²) in [4.78, 5) is 32.2. The molecule has 0 bridgehead atoms. The highest BCUT2D eigenvalue weighted by atomic mass is 127. The molecule has 2 aliphatic rings. The molecule has 8 nitrogen and oxygen atoms in total. The zero-order valence-electron chi connectivity index (χ0n) is 20.2. The van der Waals surface area contributed by atoms with E-state index in [0.29, 0.717) is 25.4 Å². The first-order valence-electron chi connectivity index (χ1n) is 11.6. The molecule has 1 unspecified atom stereocenters. The molecule has 33 heavy (non-hydrogen) atoms. The van der Waals surface area contributed by atoms with Crippen molar-refractivity contribution in [3.8, 4) is 0 Å². The highest BCUT2D eigenvalue weighted by molar-refractivity contribution is 14.0. The quantitative estimate of drug-likeness (QED) is 0.320. The molecule has 1 aromatic rings. The van der Waals surface area contributed by atoms with E-state index < -0.39 is 5.60 Å². The van der Waals surface area contributed by atoms with Crippen molar-refractivity contribution in [1.29, 1.82) is 0 Å². The average Bonchev–Trinajstić information content (AvgIpc) is 3.19. The lowest BCUT2D eigenvalue weighted by atomic mass is 9.98. The van der Waals surface area contributed by atoms with Crippen LogP contribution < -0.4 is 15.5 Å². The number of anilines is 1. The fourth-order valence-electron chi connectivity index (χ4n) is 4.09. The van der Waals surface area contributed by atoms with Crippen LogP contribution in [0.1, 0.15) is 52.0 Å². The second kappa shape index (κ2) is 12.4. The topological polar surface area (TPSA) is 86.3 Å². The summed E-state index contributed by atoms with van der Waals surface area (Å²) >= 11 is 0. The number of benzene rings is 1. The zero-order valence-corrected chi connectivity index (χ0v) is 22.6. The molecule has 2 amide bonds. The third-order valence-corrected chi connectivity index (χ3v) is 5.73. The molecule has 1 atom stereocenters. The number of carbonyl (C=O) groups excluding carboxylic acids is 2. The van der Waals surface area contributed by atoms with Crippen LogP contribution in [0.3, 0.4) is 0 Å². The Hall–Kier alpha value is -2.04. The van der Waals surface area contributed by atoms with Gasteiger partial charge in [0.2, 0.25) is 5.91 Å². The van der Waals surface area contributed by atoms with Crippen LogP contribution in [-0.2, 0) is 16.1 Å². The fourth-order valence-corrected chi connectivity index (χ4v) is 4.09. The van der Waals surface area contributed by atoms with E-state index in [2.05, 4.69) is 15.6 Å². The number of hydrogen-bond acceptors (Lipinski definition) is 4. The number of likely N-dealkylation sites (tertiary alicyclic amines) is 1. The van der Waals surface area contributed by atoms with E-state index in [1.54, 1.807) is 7.05 Å². The second-order valence-corrected chi connectivity index (χ2v) is 9.56. The summed E-state index contributed by atoms with van der Waals surface area (Å²) < 4.78 is 5.52. The average molecular weight is 572 g/mol. The van der Waals surface area contributed by atoms with Gasteiger partial charge in [-0.3, -0.25) is 9.79 Å². The van der Waals surface area contributed by atoms with Crippen molar-refractivity contribution in [2.75, 3.05) is 38.1 Å². The molecule has 9 heteroatoms. The van der Waals surface area contributed by atoms with Gasteiger partial charge in [-0.05, 0) is 63.6 Å². The van der Waals surface area contributed by atoms with Crippen LogP contribution in [0.25, 0.3) is 0 Å². The number of hydrogen-bond donors (Lipinski definition) is 2. The fraction of sp³-hybridized carbons (Fsp3) is 0.625. The standard InChI is InChI=1S/C24H37N5O3.HI/c1-24(2,3)32-23(31)28-13-5-7-19(17-28)16-27-22(25-4)26-15-18-9-11-20(12-10-18)29-14-6-8-21(29)30;/h9-12,19H,5-8,13-17H2,1-4H3,(H2,25,26,27);1H. The van der Waals surface area contributed by atoms with Crippen LogP contribution in [0.15, 0.2) is 29.3 Å². The Kier molecular flexibility index (Phi) is 10.2. The zero-order chi connectivity index (χ0) is 23.1. The van der Waals surface area contributed by atoms with Gasteiger partial charge in [-0.2, -0.15) is 0 Å². The Morgan fingerprint density at radius 1 is 1.15 bits per heavy atom. The Morgan fingerprint density at radius 2 is 1.88 bits per heavy atom. The minimum absolute atomic E-state index is 0. The Morgan fingerprint density at radius 3 is 2.48 bits per heavy atom. The molecule has 0 aromatic heterocycles. The molecule has 0 spiro atoms. The van der Waals surface area contributed by atoms with Gasteiger partial charge in [-0.1, -0.05) is 12.1 Å². The van der Waals surface area contributed by atoms with Crippen LogP contribution >= 0.6 is 24.0 Å². The summed E-state index contributed by atoms with van der Waals surface area (Å²) in [7, 11) is 1.76. The van der Waals surface area contributed by atoms with Crippen molar-refractivity contribution in [2.45, 2.75) is 58.6 Å². The van der Waals surface area contributed by atoms with E-state index in [-0.39, 0.29) is 36.0 Å². The van der Waals surface area contributed by atoms with Gasteiger partial charge < -0.3 is 25.2 Å². The maximum atomic E-state index is 12.4. The van der Waals surface area contributed by atoms with Crippen LogP contribution in [0.4, 0.5) is 10.5 Å². The molecule has 0 aliphatic carbocycles. The molecule has 2 fully saturated rings. The summed E-state index contributed by atoms with van der Waals surface area (Å²) in [5.74, 6) is 1.29. The van der Waals surface area contributed by atoms with Gasteiger partial charge in [0.25, 0.3) is 0 Å². The second-order valence-electron chi connectivity index (χ2n) is 9.56. The number of nitrogens with zero attached hydrogens (tertiary/aromatic N) is 3. The third kappa shape index (κ3) is 8.35. The van der Waals surface area contributed by atoms with Crippen molar-refractivity contribution in [3.63, 3.8) is 0 Å². The highest BCUT2D eigenvalue weighted by Gasteiger charge is 2.27. The predicted octanol–water partition coefficient (Wildman–Crippen LogP) is 3.74. The maximum Gasteiger partial charge on any atom is 0.410 e. The first-order chi connectivity index (χ1) is 15.2. The molecular formula is C24H38IN5O3. The molecule has 2 saturated heterocycles. The van der Waals surface area contributed by atoms with Crippen LogP contribution in [0.5, 0.6) is 0 Å². The van der Waals surface area contributed by atoms with Gasteiger partial charge in [0, 0.05) is 51.9 Å². The minimum Gasteiger partial charge on any atom is -0.444 e. The van der Waals surface area contributed by atoms with E-state index in [1.165, 1.54) is 0 Å². The van der Waals surface area contributed by atoms with Gasteiger partial charge in [-0.25, -0.2) is 4.79 Å². The number of halogens is 1. The molecule has 2 heterocycles. The van der Waals surface area contributed by atoms with Gasteiger partial charge in [0.15, 0.2) is 5.96 Å². The van der Waals surface area contributed by atoms with E-state index in [1.807, 2.05) is 54.8 Å².